The van der Waals surface area contributed by atoms with E-state index in [0.717, 1.165) is 16.0 Å². The molecular weight excluding hydrogens is 418 g/mol. The lowest BCUT2D eigenvalue weighted by Crippen LogP contribution is -2.49. The third kappa shape index (κ3) is 7.11. The number of benzene rings is 2. The minimum atomic E-state index is -1.11. The lowest BCUT2D eigenvalue weighted by molar-refractivity contribution is -0.136. The van der Waals surface area contributed by atoms with Crippen LogP contribution in [-0.4, -0.2) is 34.5 Å². The smallest absolute Gasteiger partial charge is 0.408 e. The Balaban J connectivity index is 2.35. The first-order valence-corrected chi connectivity index (χ1v) is 10.6. The van der Waals surface area contributed by atoms with Crippen LogP contribution in [0.3, 0.4) is 0 Å². The molecule has 2 aromatic rings. The van der Waals surface area contributed by atoms with Gasteiger partial charge in [-0.1, -0.05) is 54.5 Å². The predicted molar refractivity (Wildman–Crippen MR) is 128 cm³/mol. The van der Waals surface area contributed by atoms with Crippen molar-refractivity contribution in [2.75, 3.05) is 5.32 Å². The van der Waals surface area contributed by atoms with E-state index in [1.165, 1.54) is 6.92 Å². The van der Waals surface area contributed by atoms with Crippen molar-refractivity contribution in [3.05, 3.63) is 65.2 Å². The monoisotopic (exact) mass is 449 g/mol. The number of ether oxygens (including phenoxy) is 1. The number of anilines is 1. The zero-order valence-electron chi connectivity index (χ0n) is 19.9. The van der Waals surface area contributed by atoms with E-state index in [1.54, 1.807) is 45.0 Å². The Morgan fingerprint density at radius 1 is 1.03 bits per heavy atom. The Labute approximate surface area is 195 Å². The van der Waals surface area contributed by atoms with E-state index < -0.39 is 35.6 Å². The molecule has 7 heteroatoms. The molecule has 0 aromatic heterocycles. The van der Waals surface area contributed by atoms with Gasteiger partial charge >= 0.3 is 6.09 Å². The Morgan fingerprint density at radius 3 is 2.18 bits per heavy atom. The third-order valence-electron chi connectivity index (χ3n) is 4.78. The zero-order chi connectivity index (χ0) is 24.8. The van der Waals surface area contributed by atoms with Gasteiger partial charge in [-0.25, -0.2) is 4.79 Å². The van der Waals surface area contributed by atoms with E-state index in [4.69, 9.17) is 11.2 Å². The summed E-state index contributed by atoms with van der Waals surface area (Å²) in [6, 6.07) is 14.7. The topological polar surface area (TPSA) is 87.7 Å². The Bertz CT molecular complexity index is 1050. The number of hydrogen-bond acceptors (Lipinski definition) is 4. The van der Waals surface area contributed by atoms with Gasteiger partial charge in [0.15, 0.2) is 0 Å². The summed E-state index contributed by atoms with van der Waals surface area (Å²) in [7, 11) is 0. The highest BCUT2D eigenvalue weighted by atomic mass is 16.6. The van der Waals surface area contributed by atoms with Crippen molar-refractivity contribution in [2.45, 2.75) is 59.2 Å². The third-order valence-corrected chi connectivity index (χ3v) is 4.78. The van der Waals surface area contributed by atoms with Gasteiger partial charge in [0.2, 0.25) is 0 Å². The Hall–Kier alpha value is -3.79. The minimum Gasteiger partial charge on any atom is -0.444 e. The number of alkyl carbamates (subject to hydrolysis) is 1. The van der Waals surface area contributed by atoms with Gasteiger partial charge in [0.05, 0.1) is 0 Å². The number of amides is 3. The second-order valence-electron chi connectivity index (χ2n) is 8.82. The summed E-state index contributed by atoms with van der Waals surface area (Å²) in [4.78, 5) is 39.7. The molecule has 33 heavy (non-hydrogen) atoms. The normalized spacial score (nSPS) is 12.6. The van der Waals surface area contributed by atoms with Gasteiger partial charge in [-0.3, -0.25) is 14.5 Å². The molecular formula is C26H31N3O4. The molecule has 0 spiro atoms. The first-order chi connectivity index (χ1) is 15.4. The van der Waals surface area contributed by atoms with Crippen molar-refractivity contribution < 1.29 is 19.1 Å². The lowest BCUT2D eigenvalue weighted by atomic mass is 10.0. The maximum absolute atomic E-state index is 13.4. The van der Waals surface area contributed by atoms with Crippen molar-refractivity contribution in [3.8, 4) is 12.5 Å². The zero-order valence-corrected chi connectivity index (χ0v) is 19.9. The largest absolute Gasteiger partial charge is 0.444 e. The predicted octanol–water partition coefficient (Wildman–Crippen LogP) is 4.32. The average molecular weight is 450 g/mol. The van der Waals surface area contributed by atoms with E-state index in [1.807, 2.05) is 38.1 Å². The van der Waals surface area contributed by atoms with Crippen LogP contribution in [-0.2, 0) is 14.3 Å². The second-order valence-corrected chi connectivity index (χ2v) is 8.82. The number of rotatable bonds is 6. The number of para-hydroxylation sites is 1. The fourth-order valence-corrected chi connectivity index (χ4v) is 3.10. The van der Waals surface area contributed by atoms with Crippen LogP contribution in [0.25, 0.3) is 0 Å². The Kier molecular flexibility index (Phi) is 8.25. The number of carbonyl (C=O) groups excluding carboxylic acids is 3. The van der Waals surface area contributed by atoms with Crippen LogP contribution in [0.5, 0.6) is 0 Å². The first kappa shape index (κ1) is 25.5. The van der Waals surface area contributed by atoms with Gasteiger partial charge in [-0.2, -0.15) is 0 Å². The summed E-state index contributed by atoms with van der Waals surface area (Å²) in [6.07, 6.45) is 4.95. The van der Waals surface area contributed by atoms with E-state index in [2.05, 4.69) is 16.7 Å². The van der Waals surface area contributed by atoms with Gasteiger partial charge in [0, 0.05) is 11.7 Å². The fraction of sp³-hybridized carbons (Fsp3) is 0.346. The molecule has 0 aliphatic carbocycles. The molecule has 0 bridgehead atoms. The molecule has 0 saturated carbocycles. The van der Waals surface area contributed by atoms with Crippen LogP contribution < -0.4 is 10.6 Å². The highest BCUT2D eigenvalue weighted by Gasteiger charge is 2.34. The van der Waals surface area contributed by atoms with E-state index >= 15 is 0 Å². The van der Waals surface area contributed by atoms with Crippen molar-refractivity contribution >= 4 is 23.6 Å². The van der Waals surface area contributed by atoms with Gasteiger partial charge in [0.25, 0.3) is 11.8 Å². The molecule has 0 heterocycles. The van der Waals surface area contributed by atoms with Crippen LogP contribution in [0.1, 0.15) is 50.4 Å². The van der Waals surface area contributed by atoms with E-state index in [0.29, 0.717) is 11.3 Å². The molecule has 2 unspecified atom stereocenters. The summed E-state index contributed by atoms with van der Waals surface area (Å²) in [6.45, 7) is 10.4. The summed E-state index contributed by atoms with van der Waals surface area (Å²) >= 11 is 0. The number of aryl methyl sites for hydroxylation is 2. The molecule has 0 fully saturated rings. The number of nitrogens with one attached hydrogen (secondary N) is 2. The van der Waals surface area contributed by atoms with Gasteiger partial charge in [-0.05, 0) is 58.7 Å². The minimum absolute atomic E-state index is 0.469. The SMILES string of the molecule is C#CN(C(=O)C(C)NC(=O)OC(C)(C)C)C(C(=O)Nc1ccccc1C)c1ccc(C)cc1. The van der Waals surface area contributed by atoms with Gasteiger partial charge in [0.1, 0.15) is 17.7 Å². The molecule has 2 aromatic carbocycles. The Morgan fingerprint density at radius 2 is 1.64 bits per heavy atom. The number of nitrogens with zero attached hydrogens (tertiary/aromatic N) is 1. The van der Waals surface area contributed by atoms with Crippen molar-refractivity contribution in [1.29, 1.82) is 0 Å². The van der Waals surface area contributed by atoms with Crippen LogP contribution in [0.2, 0.25) is 0 Å². The second kappa shape index (κ2) is 10.7. The molecule has 3 amide bonds. The summed E-state index contributed by atoms with van der Waals surface area (Å²) in [5, 5.41) is 5.35. The van der Waals surface area contributed by atoms with Crippen LogP contribution >= 0.6 is 0 Å². The molecule has 2 atom stereocenters. The molecule has 0 aliphatic heterocycles. The summed E-state index contributed by atoms with van der Waals surface area (Å²) in [5.41, 5.74) is 2.30. The molecule has 2 rings (SSSR count). The standard InChI is InChI=1S/C26H31N3O4/c1-8-29(24(31)19(4)27-25(32)33-26(5,6)7)22(20-15-13-17(2)14-16-20)23(30)28-21-12-10-9-11-18(21)3/h1,9-16,19,22H,2-7H3,(H,27,32)(H,28,30). The summed E-state index contributed by atoms with van der Waals surface area (Å²) < 4.78 is 5.22. The lowest BCUT2D eigenvalue weighted by Gasteiger charge is -2.29. The number of hydrogen-bond donors (Lipinski definition) is 2. The van der Waals surface area contributed by atoms with Crippen LogP contribution in [0.15, 0.2) is 48.5 Å². The number of carbonyl (C=O) groups is 3. The fourth-order valence-electron chi connectivity index (χ4n) is 3.10. The van der Waals surface area contributed by atoms with Gasteiger partial charge < -0.3 is 15.4 Å². The van der Waals surface area contributed by atoms with Crippen molar-refractivity contribution in [1.82, 2.24) is 10.2 Å². The highest BCUT2D eigenvalue weighted by molar-refractivity contribution is 5.99. The molecule has 0 saturated heterocycles. The molecule has 0 aliphatic rings. The average Bonchev–Trinajstić information content (AvgIpc) is 2.72. The maximum Gasteiger partial charge on any atom is 0.408 e. The quantitative estimate of drug-likeness (QED) is 0.508. The van der Waals surface area contributed by atoms with Gasteiger partial charge in [-0.15, -0.1) is 0 Å². The molecule has 174 valence electrons. The molecule has 2 N–H and O–H groups in total. The van der Waals surface area contributed by atoms with Crippen LogP contribution in [0, 0.1) is 26.3 Å². The van der Waals surface area contributed by atoms with Crippen LogP contribution in [0.4, 0.5) is 10.5 Å². The molecule has 7 nitrogen and oxygen atoms in total. The van der Waals surface area contributed by atoms with Crippen molar-refractivity contribution in [3.63, 3.8) is 0 Å². The first-order valence-electron chi connectivity index (χ1n) is 10.6. The molecule has 0 radical (unpaired) electrons. The van der Waals surface area contributed by atoms with E-state index in [9.17, 15) is 14.4 Å². The highest BCUT2D eigenvalue weighted by Crippen LogP contribution is 2.25. The summed E-state index contributed by atoms with van der Waals surface area (Å²) in [5.74, 6) is -1.09. The maximum atomic E-state index is 13.4. The van der Waals surface area contributed by atoms with E-state index in [-0.39, 0.29) is 0 Å². The number of terminal acetylenes is 1. The van der Waals surface area contributed by atoms with Crippen molar-refractivity contribution in [2.24, 2.45) is 0 Å².